The van der Waals surface area contributed by atoms with Crippen molar-refractivity contribution in [3.63, 3.8) is 0 Å². The first-order valence-electron chi connectivity index (χ1n) is 21.1. The summed E-state index contributed by atoms with van der Waals surface area (Å²) in [6.07, 6.45) is 19.4. The average molecular weight is 696 g/mol. The summed E-state index contributed by atoms with van der Waals surface area (Å²) in [5, 5.41) is 0. The molecular formula is C46H101N3. The third kappa shape index (κ3) is 50.0. The van der Waals surface area contributed by atoms with Crippen molar-refractivity contribution in [1.82, 2.24) is 14.7 Å². The predicted octanol–water partition coefficient (Wildman–Crippen LogP) is 14.1. The Morgan fingerprint density at radius 1 is 0.510 bits per heavy atom. The standard InChI is InChI=1S/C11H24.2C9H19N.C9H20.C8H19N/c1-5-6-7-8-9-10-11(2,3)4;1-9(2,3)5-8-6-10(4)7-8;1-9(2,3)5-8-10-6-4-7-10;1-5-6-7-8-9(2,3)4;1-8(2,3)6-7-9(4)5/h5-10H2,1-4H3;8H,5-7H2,1-4H3;4-8H2,1-3H3;5-8H2,1-4H3;6-7H2,1-5H3. The monoisotopic (exact) mass is 696 g/mol. The van der Waals surface area contributed by atoms with Gasteiger partial charge in [0.05, 0.1) is 0 Å². The second kappa shape index (κ2) is 27.5. The van der Waals surface area contributed by atoms with Gasteiger partial charge in [0.15, 0.2) is 0 Å². The lowest BCUT2D eigenvalue weighted by Crippen LogP contribution is -2.45. The van der Waals surface area contributed by atoms with Gasteiger partial charge < -0.3 is 14.7 Å². The smallest absolute Gasteiger partial charge is 0.00192 e. The summed E-state index contributed by atoms with van der Waals surface area (Å²) in [5.41, 5.74) is 2.65. The highest BCUT2D eigenvalue weighted by Crippen LogP contribution is 2.29. The lowest BCUT2D eigenvalue weighted by atomic mass is 9.81. The zero-order chi connectivity index (χ0) is 39.0. The molecule has 0 bridgehead atoms. The summed E-state index contributed by atoms with van der Waals surface area (Å²) in [6, 6.07) is 0. The Balaban J connectivity index is -0.000000541. The fourth-order valence-corrected chi connectivity index (χ4v) is 5.65. The fraction of sp³-hybridized carbons (Fsp3) is 1.00. The fourth-order valence-electron chi connectivity index (χ4n) is 5.65. The quantitative estimate of drug-likeness (QED) is 0.178. The second-order valence-electron chi connectivity index (χ2n) is 22.2. The van der Waals surface area contributed by atoms with Gasteiger partial charge in [0.25, 0.3) is 0 Å². The third-order valence-corrected chi connectivity index (χ3v) is 9.04. The van der Waals surface area contributed by atoms with Gasteiger partial charge in [-0.1, -0.05) is 169 Å². The van der Waals surface area contributed by atoms with Crippen molar-refractivity contribution in [2.24, 2.45) is 33.0 Å². The van der Waals surface area contributed by atoms with Gasteiger partial charge in [-0.2, -0.15) is 0 Å². The van der Waals surface area contributed by atoms with E-state index in [-0.39, 0.29) is 0 Å². The molecule has 49 heavy (non-hydrogen) atoms. The maximum atomic E-state index is 2.53. The Morgan fingerprint density at radius 2 is 0.898 bits per heavy atom. The molecule has 2 heterocycles. The average Bonchev–Trinajstić information content (AvgIpc) is 2.84. The van der Waals surface area contributed by atoms with E-state index in [9.17, 15) is 0 Å². The molecule has 0 aromatic carbocycles. The molecule has 2 saturated heterocycles. The van der Waals surface area contributed by atoms with E-state index in [1.54, 1.807) is 0 Å². The SMILES string of the molecule is CC(C)(C)CCN1CCC1.CCCCCC(C)(C)C.CCCCCCCC(C)(C)C.CN(C)CCC(C)(C)C.CN1CC(CC(C)(C)C)C1. The van der Waals surface area contributed by atoms with Crippen molar-refractivity contribution in [3.05, 3.63) is 0 Å². The number of likely N-dealkylation sites (tertiary alicyclic amines) is 2. The van der Waals surface area contributed by atoms with E-state index in [4.69, 9.17) is 0 Å². The minimum absolute atomic E-state index is 0.490. The number of rotatable bonds is 13. The van der Waals surface area contributed by atoms with Gasteiger partial charge >= 0.3 is 0 Å². The molecule has 2 aliphatic heterocycles. The first kappa shape index (κ1) is 53.2. The Bertz CT molecular complexity index is 695. The van der Waals surface area contributed by atoms with Crippen LogP contribution in [0.25, 0.3) is 0 Å². The summed E-state index contributed by atoms with van der Waals surface area (Å²) in [7, 11) is 6.43. The molecule has 0 saturated carbocycles. The van der Waals surface area contributed by atoms with Crippen LogP contribution in [0, 0.1) is 33.0 Å². The number of hydrogen-bond donors (Lipinski definition) is 0. The van der Waals surface area contributed by atoms with E-state index in [1.165, 1.54) is 129 Å². The van der Waals surface area contributed by atoms with E-state index >= 15 is 0 Å². The maximum Gasteiger partial charge on any atom is 0.00192 e. The zero-order valence-corrected chi connectivity index (χ0v) is 38.6. The molecule has 0 atom stereocenters. The molecule has 2 aliphatic rings. The Labute approximate surface area is 314 Å². The molecule has 0 unspecified atom stereocenters. The molecule has 300 valence electrons. The van der Waals surface area contributed by atoms with Crippen LogP contribution in [0.4, 0.5) is 0 Å². The minimum Gasteiger partial charge on any atom is -0.309 e. The van der Waals surface area contributed by atoms with Crippen molar-refractivity contribution in [3.8, 4) is 0 Å². The van der Waals surface area contributed by atoms with Crippen LogP contribution in [0.2, 0.25) is 0 Å². The molecule has 2 rings (SSSR count). The van der Waals surface area contributed by atoms with E-state index in [1.807, 2.05) is 0 Å². The van der Waals surface area contributed by atoms with E-state index in [0.717, 1.165) is 5.92 Å². The van der Waals surface area contributed by atoms with Crippen LogP contribution in [-0.2, 0) is 0 Å². The molecule has 0 aliphatic carbocycles. The van der Waals surface area contributed by atoms with Gasteiger partial charge in [-0.15, -0.1) is 0 Å². The van der Waals surface area contributed by atoms with Gasteiger partial charge in [0.2, 0.25) is 0 Å². The lowest BCUT2D eigenvalue weighted by Gasteiger charge is -2.39. The van der Waals surface area contributed by atoms with Crippen molar-refractivity contribution in [2.75, 3.05) is 60.4 Å². The van der Waals surface area contributed by atoms with Crippen LogP contribution < -0.4 is 0 Å². The Kier molecular flexibility index (Phi) is 29.9. The molecule has 0 N–H and O–H groups in total. The molecule has 0 aromatic rings. The summed E-state index contributed by atoms with van der Waals surface area (Å²) in [5.74, 6) is 0.977. The van der Waals surface area contributed by atoms with Crippen LogP contribution in [0.5, 0.6) is 0 Å². The number of unbranched alkanes of at least 4 members (excludes halogenated alkanes) is 6. The van der Waals surface area contributed by atoms with Crippen LogP contribution in [-0.4, -0.2) is 75.1 Å². The summed E-state index contributed by atoms with van der Waals surface area (Å²) in [4.78, 5) is 7.15. The third-order valence-electron chi connectivity index (χ3n) is 9.04. The molecule has 3 heteroatoms. The number of hydrogen-bond acceptors (Lipinski definition) is 3. The molecule has 2 fully saturated rings. The van der Waals surface area contributed by atoms with Gasteiger partial charge in [-0.25, -0.2) is 0 Å². The van der Waals surface area contributed by atoms with Gasteiger partial charge in [0.1, 0.15) is 0 Å². The van der Waals surface area contributed by atoms with E-state index < -0.39 is 0 Å². The predicted molar refractivity (Wildman–Crippen MR) is 229 cm³/mol. The van der Waals surface area contributed by atoms with Crippen molar-refractivity contribution in [2.45, 2.75) is 208 Å². The highest BCUT2D eigenvalue weighted by molar-refractivity contribution is 4.80. The van der Waals surface area contributed by atoms with Crippen LogP contribution >= 0.6 is 0 Å². The maximum absolute atomic E-state index is 2.53. The van der Waals surface area contributed by atoms with Gasteiger partial charge in [-0.05, 0) is 119 Å². The largest absolute Gasteiger partial charge is 0.309 e. The molecule has 0 aromatic heterocycles. The number of nitrogens with zero attached hydrogens (tertiary/aromatic N) is 3. The van der Waals surface area contributed by atoms with E-state index in [0.29, 0.717) is 27.1 Å². The second-order valence-corrected chi connectivity index (χ2v) is 22.2. The van der Waals surface area contributed by atoms with Crippen LogP contribution in [0.3, 0.4) is 0 Å². The summed E-state index contributed by atoms with van der Waals surface area (Å²) < 4.78 is 0. The van der Waals surface area contributed by atoms with Gasteiger partial charge in [-0.3, -0.25) is 0 Å². The normalized spacial score (nSPS) is 16.1. The lowest BCUT2D eigenvalue weighted by molar-refractivity contribution is 0.0955. The Hall–Kier alpha value is -0.120. The minimum atomic E-state index is 0.490. The summed E-state index contributed by atoms with van der Waals surface area (Å²) in [6.45, 7) is 47.0. The van der Waals surface area contributed by atoms with E-state index in [2.05, 4.69) is 154 Å². The van der Waals surface area contributed by atoms with Crippen LogP contribution in [0.1, 0.15) is 208 Å². The molecule has 0 amide bonds. The van der Waals surface area contributed by atoms with Gasteiger partial charge in [0, 0.05) is 13.1 Å². The van der Waals surface area contributed by atoms with Crippen molar-refractivity contribution in [1.29, 1.82) is 0 Å². The zero-order valence-electron chi connectivity index (χ0n) is 38.6. The molecule has 0 spiro atoms. The van der Waals surface area contributed by atoms with Crippen molar-refractivity contribution < 1.29 is 0 Å². The highest BCUT2D eigenvalue weighted by Gasteiger charge is 2.27. The molecule has 0 radical (unpaired) electrons. The van der Waals surface area contributed by atoms with Crippen molar-refractivity contribution >= 4 is 0 Å². The summed E-state index contributed by atoms with van der Waals surface area (Å²) >= 11 is 0. The highest BCUT2D eigenvalue weighted by atomic mass is 15.2. The Morgan fingerprint density at radius 3 is 1.18 bits per heavy atom. The molecular weight excluding hydrogens is 595 g/mol. The first-order valence-corrected chi connectivity index (χ1v) is 21.1. The molecule has 3 nitrogen and oxygen atoms in total. The topological polar surface area (TPSA) is 9.72 Å². The first-order chi connectivity index (χ1) is 22.1. The van der Waals surface area contributed by atoms with Crippen LogP contribution in [0.15, 0.2) is 0 Å².